The summed E-state index contributed by atoms with van der Waals surface area (Å²) in [5, 5.41) is 8.68. The van der Waals surface area contributed by atoms with Crippen LogP contribution in [0.1, 0.15) is 31.9 Å². The largest absolute Gasteiger partial charge is 0.207 e. The van der Waals surface area contributed by atoms with Crippen molar-refractivity contribution in [2.75, 3.05) is 0 Å². The molecule has 1 nitrogen and oxygen atoms in total. The third kappa shape index (κ3) is 2.85. The maximum atomic E-state index is 13.3. The molecule has 0 fully saturated rings. The van der Waals surface area contributed by atoms with Crippen LogP contribution < -0.4 is 0 Å². The second-order valence-corrected chi connectivity index (χ2v) is 4.66. The van der Waals surface area contributed by atoms with Gasteiger partial charge in [0, 0.05) is 0 Å². The van der Waals surface area contributed by atoms with Crippen molar-refractivity contribution < 1.29 is 4.39 Å². The smallest absolute Gasteiger partial charge is 0.126 e. The highest BCUT2D eigenvalue weighted by atomic mass is 19.1. The third-order valence-corrected chi connectivity index (χ3v) is 1.90. The van der Waals surface area contributed by atoms with E-state index in [-0.39, 0.29) is 11.2 Å². The molecule has 1 aromatic rings. The van der Waals surface area contributed by atoms with Gasteiger partial charge in [0.2, 0.25) is 0 Å². The summed E-state index contributed by atoms with van der Waals surface area (Å²) in [5.74, 6) is -0.223. The predicted molar refractivity (Wildman–Crippen MR) is 54.3 cm³/mol. The molecule has 2 heteroatoms. The number of hydrogen-bond donors (Lipinski definition) is 0. The fraction of sp³-hybridized carbons (Fsp3) is 0.417. The van der Waals surface area contributed by atoms with Crippen LogP contribution in [-0.4, -0.2) is 0 Å². The van der Waals surface area contributed by atoms with Gasteiger partial charge in [-0.1, -0.05) is 20.8 Å². The predicted octanol–water partition coefficient (Wildman–Crippen LogP) is 3.29. The molecule has 0 saturated heterocycles. The van der Waals surface area contributed by atoms with Crippen LogP contribution in [0.2, 0.25) is 0 Å². The Labute approximate surface area is 84.2 Å². The lowest BCUT2D eigenvalue weighted by molar-refractivity contribution is 0.402. The molecular formula is C12H14FN. The van der Waals surface area contributed by atoms with Crippen molar-refractivity contribution in [2.24, 2.45) is 5.41 Å². The minimum atomic E-state index is -0.223. The van der Waals surface area contributed by atoms with E-state index in [0.717, 1.165) is 0 Å². The Bertz CT molecular complexity index is 369. The van der Waals surface area contributed by atoms with Gasteiger partial charge in [0.05, 0.1) is 11.6 Å². The highest BCUT2D eigenvalue weighted by Gasteiger charge is 2.14. The Kier molecular flexibility index (Phi) is 2.90. The van der Waals surface area contributed by atoms with E-state index in [1.54, 1.807) is 6.07 Å². The standard InChI is InChI=1S/C12H14FN/c1-12(2,3)7-10-6-9(8-14)4-5-11(10)13/h4-6H,7H2,1-3H3. The summed E-state index contributed by atoms with van der Waals surface area (Å²) < 4.78 is 13.3. The van der Waals surface area contributed by atoms with Crippen molar-refractivity contribution in [3.63, 3.8) is 0 Å². The summed E-state index contributed by atoms with van der Waals surface area (Å²) in [6, 6.07) is 6.50. The highest BCUT2D eigenvalue weighted by Crippen LogP contribution is 2.22. The van der Waals surface area contributed by atoms with Crippen molar-refractivity contribution in [1.29, 1.82) is 5.26 Å². The average molecular weight is 191 g/mol. The number of nitrogens with zero attached hydrogens (tertiary/aromatic N) is 1. The van der Waals surface area contributed by atoms with Gasteiger partial charge in [-0.15, -0.1) is 0 Å². The van der Waals surface area contributed by atoms with Gasteiger partial charge in [-0.3, -0.25) is 0 Å². The van der Waals surface area contributed by atoms with E-state index in [2.05, 4.69) is 0 Å². The van der Waals surface area contributed by atoms with Crippen LogP contribution in [0.15, 0.2) is 18.2 Å². The Morgan fingerprint density at radius 1 is 1.36 bits per heavy atom. The molecule has 0 aromatic heterocycles. The molecule has 1 rings (SSSR count). The van der Waals surface area contributed by atoms with Gasteiger partial charge in [0.15, 0.2) is 0 Å². The average Bonchev–Trinajstić information content (AvgIpc) is 2.06. The van der Waals surface area contributed by atoms with E-state index in [1.807, 2.05) is 26.8 Å². The van der Waals surface area contributed by atoms with Crippen molar-refractivity contribution in [1.82, 2.24) is 0 Å². The van der Waals surface area contributed by atoms with E-state index in [0.29, 0.717) is 17.5 Å². The van der Waals surface area contributed by atoms with Crippen molar-refractivity contribution >= 4 is 0 Å². The van der Waals surface area contributed by atoms with Crippen molar-refractivity contribution in [2.45, 2.75) is 27.2 Å². The summed E-state index contributed by atoms with van der Waals surface area (Å²) in [5.41, 5.74) is 1.18. The van der Waals surface area contributed by atoms with E-state index < -0.39 is 0 Å². The normalized spacial score (nSPS) is 11.1. The molecule has 0 unspecified atom stereocenters. The number of hydrogen-bond acceptors (Lipinski definition) is 1. The van der Waals surface area contributed by atoms with Crippen LogP contribution in [0.3, 0.4) is 0 Å². The first kappa shape index (κ1) is 10.7. The van der Waals surface area contributed by atoms with E-state index >= 15 is 0 Å². The zero-order chi connectivity index (χ0) is 10.8. The Morgan fingerprint density at radius 2 is 2.00 bits per heavy atom. The lowest BCUT2D eigenvalue weighted by Gasteiger charge is -2.18. The Morgan fingerprint density at radius 3 is 2.50 bits per heavy atom. The molecule has 1 aromatic carbocycles. The number of halogens is 1. The summed E-state index contributed by atoms with van der Waals surface area (Å²) in [4.78, 5) is 0. The van der Waals surface area contributed by atoms with Gasteiger partial charge >= 0.3 is 0 Å². The van der Waals surface area contributed by atoms with Gasteiger partial charge < -0.3 is 0 Å². The summed E-state index contributed by atoms with van der Waals surface area (Å²) in [7, 11) is 0. The molecule has 0 spiro atoms. The van der Waals surface area contributed by atoms with E-state index in [1.165, 1.54) is 12.1 Å². The molecule has 0 N–H and O–H groups in total. The van der Waals surface area contributed by atoms with Crippen LogP contribution in [0.25, 0.3) is 0 Å². The fourth-order valence-electron chi connectivity index (χ4n) is 1.35. The van der Waals surface area contributed by atoms with Crippen LogP contribution in [0.4, 0.5) is 4.39 Å². The molecule has 14 heavy (non-hydrogen) atoms. The van der Waals surface area contributed by atoms with Crippen LogP contribution in [0.5, 0.6) is 0 Å². The first-order valence-corrected chi connectivity index (χ1v) is 4.61. The Balaban J connectivity index is 3.03. The quantitative estimate of drug-likeness (QED) is 0.668. The molecule has 0 radical (unpaired) electrons. The van der Waals surface area contributed by atoms with Crippen LogP contribution in [-0.2, 0) is 6.42 Å². The maximum Gasteiger partial charge on any atom is 0.126 e. The molecule has 0 aliphatic heterocycles. The molecule has 0 bridgehead atoms. The molecule has 0 amide bonds. The van der Waals surface area contributed by atoms with Crippen molar-refractivity contribution in [3.05, 3.63) is 35.1 Å². The number of benzene rings is 1. The summed E-state index contributed by atoms with van der Waals surface area (Å²) >= 11 is 0. The maximum absolute atomic E-state index is 13.3. The van der Waals surface area contributed by atoms with E-state index in [9.17, 15) is 4.39 Å². The van der Waals surface area contributed by atoms with Crippen LogP contribution in [0, 0.1) is 22.6 Å². The van der Waals surface area contributed by atoms with Gasteiger partial charge in [0.1, 0.15) is 5.82 Å². The number of rotatable bonds is 1. The molecule has 0 aliphatic carbocycles. The van der Waals surface area contributed by atoms with Gasteiger partial charge in [-0.05, 0) is 35.6 Å². The molecule has 0 saturated carbocycles. The SMILES string of the molecule is CC(C)(C)Cc1cc(C#N)ccc1F. The van der Waals surface area contributed by atoms with Gasteiger partial charge in [0.25, 0.3) is 0 Å². The topological polar surface area (TPSA) is 23.8 Å². The number of nitriles is 1. The first-order valence-electron chi connectivity index (χ1n) is 4.61. The molecule has 0 heterocycles. The van der Waals surface area contributed by atoms with Crippen LogP contribution >= 0.6 is 0 Å². The van der Waals surface area contributed by atoms with E-state index in [4.69, 9.17) is 5.26 Å². The Hall–Kier alpha value is -1.36. The lowest BCUT2D eigenvalue weighted by atomic mass is 9.87. The minimum absolute atomic E-state index is 0.0366. The molecular weight excluding hydrogens is 177 g/mol. The minimum Gasteiger partial charge on any atom is -0.207 e. The second-order valence-electron chi connectivity index (χ2n) is 4.66. The zero-order valence-electron chi connectivity index (χ0n) is 8.76. The fourth-order valence-corrected chi connectivity index (χ4v) is 1.35. The monoisotopic (exact) mass is 191 g/mol. The van der Waals surface area contributed by atoms with Gasteiger partial charge in [-0.25, -0.2) is 4.39 Å². The molecule has 0 atom stereocenters. The molecule has 74 valence electrons. The first-order chi connectivity index (χ1) is 6.42. The second kappa shape index (κ2) is 3.79. The zero-order valence-corrected chi connectivity index (χ0v) is 8.76. The highest BCUT2D eigenvalue weighted by molar-refractivity contribution is 5.34. The molecule has 0 aliphatic rings. The lowest BCUT2D eigenvalue weighted by Crippen LogP contribution is -2.10. The summed E-state index contributed by atoms with van der Waals surface area (Å²) in [6.07, 6.45) is 0.647. The summed E-state index contributed by atoms with van der Waals surface area (Å²) in [6.45, 7) is 6.14. The van der Waals surface area contributed by atoms with Gasteiger partial charge in [-0.2, -0.15) is 5.26 Å². The third-order valence-electron chi connectivity index (χ3n) is 1.90. The van der Waals surface area contributed by atoms with Crippen molar-refractivity contribution in [3.8, 4) is 6.07 Å².